The van der Waals surface area contributed by atoms with Gasteiger partial charge in [-0.25, -0.2) is 4.98 Å². The number of H-pyrrole nitrogens is 1. The van der Waals surface area contributed by atoms with E-state index in [1.54, 1.807) is 14.0 Å². The van der Waals surface area contributed by atoms with Gasteiger partial charge in [-0.2, -0.15) is 0 Å². The van der Waals surface area contributed by atoms with Crippen LogP contribution < -0.4 is 14.8 Å². The van der Waals surface area contributed by atoms with E-state index in [4.69, 9.17) is 9.47 Å². The van der Waals surface area contributed by atoms with E-state index in [-0.39, 0.29) is 5.91 Å². The molecule has 4 aromatic rings. The fraction of sp³-hybridized carbons (Fsp3) is 0.154. The molecular formula is C26H25N3O3. The Kier molecular flexibility index (Phi) is 6.51. The predicted octanol–water partition coefficient (Wildman–Crippen LogP) is 4.84. The number of hydrogen-bond acceptors (Lipinski definition) is 4. The number of para-hydroxylation sites is 1. The predicted molar refractivity (Wildman–Crippen MR) is 124 cm³/mol. The van der Waals surface area contributed by atoms with Gasteiger partial charge in [0.15, 0.2) is 6.10 Å². The topological polar surface area (TPSA) is 76.2 Å². The summed E-state index contributed by atoms with van der Waals surface area (Å²) >= 11 is 0. The first-order valence-corrected chi connectivity index (χ1v) is 10.4. The lowest BCUT2D eigenvalue weighted by atomic mass is 10.1. The molecule has 3 aromatic carbocycles. The Morgan fingerprint density at radius 3 is 2.31 bits per heavy atom. The maximum Gasteiger partial charge on any atom is 0.261 e. The normalized spacial score (nSPS) is 11.6. The largest absolute Gasteiger partial charge is 0.497 e. The van der Waals surface area contributed by atoms with Gasteiger partial charge < -0.3 is 19.8 Å². The molecule has 1 amide bonds. The molecule has 0 radical (unpaired) electrons. The molecule has 1 heterocycles. The number of benzene rings is 3. The van der Waals surface area contributed by atoms with Crippen molar-refractivity contribution in [3.8, 4) is 34.1 Å². The van der Waals surface area contributed by atoms with Gasteiger partial charge in [0.2, 0.25) is 0 Å². The third-order valence-corrected chi connectivity index (χ3v) is 5.10. The van der Waals surface area contributed by atoms with E-state index in [0.29, 0.717) is 12.3 Å². The van der Waals surface area contributed by atoms with Crippen molar-refractivity contribution in [2.75, 3.05) is 7.11 Å². The number of nitrogens with zero attached hydrogens (tertiary/aromatic N) is 1. The van der Waals surface area contributed by atoms with Crippen molar-refractivity contribution in [1.82, 2.24) is 15.3 Å². The van der Waals surface area contributed by atoms with Gasteiger partial charge in [0.1, 0.15) is 17.3 Å². The highest BCUT2D eigenvalue weighted by molar-refractivity contribution is 5.80. The average Bonchev–Trinajstić information content (AvgIpc) is 3.34. The summed E-state index contributed by atoms with van der Waals surface area (Å²) in [5, 5.41) is 2.92. The Labute approximate surface area is 187 Å². The van der Waals surface area contributed by atoms with Gasteiger partial charge in [0.25, 0.3) is 5.91 Å². The number of hydrogen-bond donors (Lipinski definition) is 2. The molecule has 0 saturated heterocycles. The van der Waals surface area contributed by atoms with Gasteiger partial charge in [0, 0.05) is 12.1 Å². The van der Waals surface area contributed by atoms with Crippen molar-refractivity contribution in [1.29, 1.82) is 0 Å². The minimum Gasteiger partial charge on any atom is -0.497 e. The van der Waals surface area contributed by atoms with E-state index in [1.165, 1.54) is 0 Å². The first-order valence-electron chi connectivity index (χ1n) is 10.4. The molecule has 6 heteroatoms. The fourth-order valence-corrected chi connectivity index (χ4v) is 3.26. The zero-order chi connectivity index (χ0) is 22.3. The second-order valence-electron chi connectivity index (χ2n) is 7.36. The number of amides is 1. The molecule has 1 aromatic heterocycles. The summed E-state index contributed by atoms with van der Waals surface area (Å²) in [7, 11) is 1.65. The van der Waals surface area contributed by atoms with E-state index < -0.39 is 6.10 Å². The summed E-state index contributed by atoms with van der Waals surface area (Å²) in [6.07, 6.45) is 1.25. The summed E-state index contributed by atoms with van der Waals surface area (Å²) in [6.45, 7) is 2.17. The molecule has 0 aliphatic heterocycles. The summed E-state index contributed by atoms with van der Waals surface area (Å²) in [4.78, 5) is 20.2. The molecule has 0 aliphatic carbocycles. The Morgan fingerprint density at radius 1 is 0.938 bits per heavy atom. The quantitative estimate of drug-likeness (QED) is 0.422. The highest BCUT2D eigenvalue weighted by atomic mass is 16.5. The number of imidazole rings is 1. The number of ether oxygens (including phenoxy) is 2. The lowest BCUT2D eigenvalue weighted by Gasteiger charge is -2.14. The summed E-state index contributed by atoms with van der Waals surface area (Å²) < 4.78 is 10.9. The van der Waals surface area contributed by atoms with Gasteiger partial charge in [0.05, 0.1) is 19.0 Å². The molecular weight excluding hydrogens is 402 g/mol. The van der Waals surface area contributed by atoms with Crippen LogP contribution >= 0.6 is 0 Å². The second kappa shape index (κ2) is 9.83. The average molecular weight is 428 g/mol. The number of aromatic amines is 1. The van der Waals surface area contributed by atoms with E-state index in [2.05, 4.69) is 15.3 Å². The van der Waals surface area contributed by atoms with Crippen LogP contribution in [0.5, 0.6) is 11.5 Å². The van der Waals surface area contributed by atoms with Crippen molar-refractivity contribution < 1.29 is 14.3 Å². The maximum atomic E-state index is 12.3. The molecule has 32 heavy (non-hydrogen) atoms. The van der Waals surface area contributed by atoms with E-state index in [1.807, 2.05) is 85.1 Å². The van der Waals surface area contributed by atoms with Crippen molar-refractivity contribution in [3.63, 3.8) is 0 Å². The molecule has 0 bridgehead atoms. The maximum absolute atomic E-state index is 12.3. The number of nitrogens with one attached hydrogen (secondary N) is 2. The first kappa shape index (κ1) is 21.2. The third kappa shape index (κ3) is 5.16. The number of carbonyl (C=O) groups excluding carboxylic acids is 1. The SMILES string of the molecule is COc1ccc(-c2cnc(-c3ccc(CNC(=O)C(C)Oc4ccccc4)cc3)[nH]2)cc1. The number of carbonyl (C=O) groups is 1. The molecule has 2 N–H and O–H groups in total. The molecule has 0 fully saturated rings. The molecule has 0 saturated carbocycles. The Bertz CT molecular complexity index is 1150. The van der Waals surface area contributed by atoms with Crippen LogP contribution in [0.25, 0.3) is 22.6 Å². The summed E-state index contributed by atoms with van der Waals surface area (Å²) in [5.74, 6) is 2.12. The first-order chi connectivity index (χ1) is 15.6. The Hall–Kier alpha value is -4.06. The van der Waals surface area contributed by atoms with Gasteiger partial charge in [-0.15, -0.1) is 0 Å². The summed E-state index contributed by atoms with van der Waals surface area (Å²) in [5.41, 5.74) is 3.94. The van der Waals surface area contributed by atoms with Gasteiger partial charge in [-0.3, -0.25) is 4.79 Å². The highest BCUT2D eigenvalue weighted by Gasteiger charge is 2.14. The minimum absolute atomic E-state index is 0.159. The molecule has 162 valence electrons. The third-order valence-electron chi connectivity index (χ3n) is 5.10. The van der Waals surface area contributed by atoms with Crippen LogP contribution in [0, 0.1) is 0 Å². The van der Waals surface area contributed by atoms with Crippen LogP contribution in [0.3, 0.4) is 0 Å². The van der Waals surface area contributed by atoms with Crippen LogP contribution in [-0.4, -0.2) is 29.1 Å². The monoisotopic (exact) mass is 427 g/mol. The van der Waals surface area contributed by atoms with E-state index in [0.717, 1.165) is 34.0 Å². The van der Waals surface area contributed by atoms with Crippen LogP contribution in [-0.2, 0) is 11.3 Å². The van der Waals surface area contributed by atoms with E-state index in [9.17, 15) is 4.79 Å². The van der Waals surface area contributed by atoms with E-state index >= 15 is 0 Å². The van der Waals surface area contributed by atoms with Crippen LogP contribution in [0.15, 0.2) is 85.1 Å². The Balaban J connectivity index is 1.34. The lowest BCUT2D eigenvalue weighted by Crippen LogP contribution is -2.35. The lowest BCUT2D eigenvalue weighted by molar-refractivity contribution is -0.127. The number of aromatic nitrogens is 2. The van der Waals surface area contributed by atoms with Crippen molar-refractivity contribution >= 4 is 5.91 Å². The molecule has 1 unspecified atom stereocenters. The standard InChI is InChI=1S/C26H25N3O3/c1-18(32-23-6-4-3-5-7-23)26(30)28-16-19-8-10-21(11-9-19)25-27-17-24(29-25)20-12-14-22(31-2)15-13-20/h3-15,17-18H,16H2,1-2H3,(H,27,29)(H,28,30). The van der Waals surface area contributed by atoms with Gasteiger partial charge in [-0.1, -0.05) is 42.5 Å². The summed E-state index contributed by atoms with van der Waals surface area (Å²) in [6, 6.07) is 25.1. The second-order valence-corrected chi connectivity index (χ2v) is 7.36. The zero-order valence-electron chi connectivity index (χ0n) is 18.0. The Morgan fingerprint density at radius 2 is 1.62 bits per heavy atom. The fourth-order valence-electron chi connectivity index (χ4n) is 3.26. The van der Waals surface area contributed by atoms with Gasteiger partial charge in [-0.05, 0) is 54.4 Å². The smallest absolute Gasteiger partial charge is 0.261 e. The zero-order valence-corrected chi connectivity index (χ0v) is 18.0. The van der Waals surface area contributed by atoms with Crippen molar-refractivity contribution in [2.45, 2.75) is 19.6 Å². The van der Waals surface area contributed by atoms with Crippen LogP contribution in [0.2, 0.25) is 0 Å². The van der Waals surface area contributed by atoms with Crippen LogP contribution in [0.4, 0.5) is 0 Å². The molecule has 6 nitrogen and oxygen atoms in total. The minimum atomic E-state index is -0.573. The molecule has 0 spiro atoms. The van der Waals surface area contributed by atoms with Gasteiger partial charge >= 0.3 is 0 Å². The van der Waals surface area contributed by atoms with Crippen molar-refractivity contribution in [2.24, 2.45) is 0 Å². The van der Waals surface area contributed by atoms with Crippen molar-refractivity contribution in [3.05, 3.63) is 90.6 Å². The number of rotatable bonds is 8. The molecule has 1 atom stereocenters. The molecule has 4 rings (SSSR count). The van der Waals surface area contributed by atoms with Crippen LogP contribution in [0.1, 0.15) is 12.5 Å². The number of methoxy groups -OCH3 is 1. The highest BCUT2D eigenvalue weighted by Crippen LogP contribution is 2.24. The molecule has 0 aliphatic rings.